The zero-order chi connectivity index (χ0) is 28.6. The molecule has 0 aliphatic carbocycles. The number of benzene rings is 3. The van der Waals surface area contributed by atoms with Crippen LogP contribution >= 0.6 is 0 Å². The van der Waals surface area contributed by atoms with Crippen molar-refractivity contribution in [2.75, 3.05) is 5.32 Å². The molecule has 0 radical (unpaired) electrons. The third-order valence-electron chi connectivity index (χ3n) is 6.64. The van der Waals surface area contributed by atoms with Gasteiger partial charge in [0.2, 0.25) is 0 Å². The number of aliphatic hydroxyl groups excluding tert-OH is 1. The number of carboxylic acid groups (broad SMARTS) is 1. The summed E-state index contributed by atoms with van der Waals surface area (Å²) in [5.74, 6) is -1.77. The summed E-state index contributed by atoms with van der Waals surface area (Å²) in [7, 11) is 0. The number of aliphatic hydroxyl groups is 1. The highest BCUT2D eigenvalue weighted by atomic mass is 19.1. The van der Waals surface area contributed by atoms with Gasteiger partial charge in [-0.3, -0.25) is 4.79 Å². The largest absolute Gasteiger partial charge is 0.478 e. The number of aliphatic carboxylic acids is 1. The number of carbonyl (C=O) groups excluding carboxylic acids is 1. The van der Waals surface area contributed by atoms with Crippen molar-refractivity contribution in [2.45, 2.75) is 45.3 Å². The van der Waals surface area contributed by atoms with Crippen molar-refractivity contribution in [3.05, 3.63) is 114 Å². The summed E-state index contributed by atoms with van der Waals surface area (Å²) in [6, 6.07) is 25.0. The molecule has 7 heteroatoms. The summed E-state index contributed by atoms with van der Waals surface area (Å²) in [6.45, 7) is 4.39. The zero-order valence-electron chi connectivity index (χ0n) is 22.5. The fourth-order valence-corrected chi connectivity index (χ4v) is 4.93. The minimum Gasteiger partial charge on any atom is -0.478 e. The van der Waals surface area contributed by atoms with Gasteiger partial charge >= 0.3 is 5.97 Å². The second kappa shape index (κ2) is 13.0. The lowest BCUT2D eigenvalue weighted by atomic mass is 9.94. The molecule has 1 unspecified atom stereocenters. The van der Waals surface area contributed by atoms with Gasteiger partial charge in [-0.25, -0.2) is 9.18 Å². The topological polar surface area (TPSA) is 91.6 Å². The minimum absolute atomic E-state index is 0.0720. The highest BCUT2D eigenvalue weighted by Gasteiger charge is 2.30. The van der Waals surface area contributed by atoms with Crippen molar-refractivity contribution in [1.82, 2.24) is 4.57 Å². The van der Waals surface area contributed by atoms with Crippen LogP contribution in [0.5, 0.6) is 0 Å². The highest BCUT2D eigenvalue weighted by molar-refractivity contribution is 6.12. The van der Waals surface area contributed by atoms with Gasteiger partial charge in [-0.1, -0.05) is 68.5 Å². The molecule has 1 amide bonds. The van der Waals surface area contributed by atoms with E-state index in [1.807, 2.05) is 79.1 Å². The number of hydrogen-bond acceptors (Lipinski definition) is 3. The van der Waals surface area contributed by atoms with Crippen LogP contribution in [-0.2, 0) is 11.3 Å². The van der Waals surface area contributed by atoms with Crippen LogP contribution in [0.25, 0.3) is 22.4 Å². The van der Waals surface area contributed by atoms with Crippen LogP contribution < -0.4 is 5.32 Å². The summed E-state index contributed by atoms with van der Waals surface area (Å²) in [5, 5.41) is 22.6. The maximum atomic E-state index is 14.0. The second-order valence-corrected chi connectivity index (χ2v) is 9.90. The minimum atomic E-state index is -1.07. The Labute approximate surface area is 233 Å². The number of hydrogen-bond donors (Lipinski definition) is 3. The Morgan fingerprint density at radius 1 is 0.925 bits per heavy atom. The molecule has 4 rings (SSSR count). The first kappa shape index (κ1) is 28.5. The number of amides is 1. The maximum absolute atomic E-state index is 14.0. The van der Waals surface area contributed by atoms with Crippen LogP contribution in [-0.4, -0.2) is 32.8 Å². The number of carboxylic acids is 1. The van der Waals surface area contributed by atoms with Crippen LogP contribution in [0.2, 0.25) is 0 Å². The van der Waals surface area contributed by atoms with Gasteiger partial charge in [-0.05, 0) is 66.3 Å². The fourth-order valence-electron chi connectivity index (χ4n) is 4.93. The molecule has 6 nitrogen and oxygen atoms in total. The molecule has 3 aromatic carbocycles. The summed E-state index contributed by atoms with van der Waals surface area (Å²) in [5.41, 5.74) is 5.03. The van der Waals surface area contributed by atoms with Gasteiger partial charge < -0.3 is 20.1 Å². The van der Waals surface area contributed by atoms with Crippen LogP contribution in [0, 0.1) is 5.82 Å². The van der Waals surface area contributed by atoms with E-state index in [4.69, 9.17) is 5.11 Å². The number of para-hydroxylation sites is 1. The van der Waals surface area contributed by atoms with Gasteiger partial charge in [0.05, 0.1) is 17.4 Å². The van der Waals surface area contributed by atoms with E-state index < -0.39 is 12.1 Å². The molecule has 0 aliphatic rings. The van der Waals surface area contributed by atoms with E-state index >= 15 is 0 Å². The summed E-state index contributed by atoms with van der Waals surface area (Å²) in [6.07, 6.45) is 2.16. The first-order valence-corrected chi connectivity index (χ1v) is 13.3. The zero-order valence-corrected chi connectivity index (χ0v) is 22.5. The molecule has 40 heavy (non-hydrogen) atoms. The fraction of sp³-hybridized carbons (Fsp3) is 0.212. The monoisotopic (exact) mass is 540 g/mol. The number of aromatic nitrogens is 1. The van der Waals surface area contributed by atoms with Gasteiger partial charge in [0.1, 0.15) is 5.82 Å². The summed E-state index contributed by atoms with van der Waals surface area (Å²) in [4.78, 5) is 24.9. The second-order valence-electron chi connectivity index (χ2n) is 9.90. The molecule has 3 N–H and O–H groups in total. The Morgan fingerprint density at radius 3 is 2.15 bits per heavy atom. The molecule has 0 spiro atoms. The van der Waals surface area contributed by atoms with Crippen LogP contribution in [0.3, 0.4) is 0 Å². The van der Waals surface area contributed by atoms with Crippen LogP contribution in [0.1, 0.15) is 48.7 Å². The number of rotatable bonds is 11. The molecule has 0 saturated heterocycles. The van der Waals surface area contributed by atoms with Crippen molar-refractivity contribution in [1.29, 1.82) is 0 Å². The standard InChI is InChI=1S/C33H33FN2O4/c1-22(2)31-30(33(40)35-26-12-7-4-8-13-26)29(23-10-5-3-6-11-23)32(24-16-18-25(34)19-17-24)36(31)21-20-27(37)14-9-15-28(38)39/h3-13,15-19,22,27,37H,14,20-21H2,1-2H3,(H,35,40)(H,38,39)/b15-9+. The van der Waals surface area contributed by atoms with Crippen LogP contribution in [0.15, 0.2) is 97.1 Å². The van der Waals surface area contributed by atoms with E-state index in [1.54, 1.807) is 12.1 Å². The van der Waals surface area contributed by atoms with Gasteiger partial charge in [-0.15, -0.1) is 0 Å². The lowest BCUT2D eigenvalue weighted by Crippen LogP contribution is -2.17. The Kier molecular flexibility index (Phi) is 9.30. The summed E-state index contributed by atoms with van der Waals surface area (Å²) >= 11 is 0. The molecule has 4 aromatic rings. The van der Waals surface area contributed by atoms with Crippen LogP contribution in [0.4, 0.5) is 10.1 Å². The summed E-state index contributed by atoms with van der Waals surface area (Å²) < 4.78 is 16.0. The lowest BCUT2D eigenvalue weighted by Gasteiger charge is -2.19. The first-order valence-electron chi connectivity index (χ1n) is 13.3. The SMILES string of the molecule is CC(C)c1c(C(=O)Nc2ccccc2)c(-c2ccccc2)c(-c2ccc(F)cc2)n1CCC(O)C/C=C/C(=O)O. The molecule has 1 atom stereocenters. The van der Waals surface area contributed by atoms with Crippen molar-refractivity contribution in [2.24, 2.45) is 0 Å². The van der Waals surface area contributed by atoms with Gasteiger partial charge in [-0.2, -0.15) is 0 Å². The average Bonchev–Trinajstić information content (AvgIpc) is 3.29. The Hall–Kier alpha value is -4.49. The van der Waals surface area contributed by atoms with Crippen molar-refractivity contribution in [3.8, 4) is 22.4 Å². The average molecular weight is 541 g/mol. The highest BCUT2D eigenvalue weighted by Crippen LogP contribution is 2.42. The molecule has 1 aromatic heterocycles. The first-order chi connectivity index (χ1) is 19.3. The quantitative estimate of drug-likeness (QED) is 0.177. The third-order valence-corrected chi connectivity index (χ3v) is 6.64. The predicted octanol–water partition coefficient (Wildman–Crippen LogP) is 7.12. The van der Waals surface area contributed by atoms with E-state index in [0.717, 1.165) is 34.2 Å². The number of halogens is 1. The number of nitrogens with one attached hydrogen (secondary N) is 1. The number of nitrogens with zero attached hydrogens (tertiary/aromatic N) is 1. The number of anilines is 1. The predicted molar refractivity (Wildman–Crippen MR) is 156 cm³/mol. The Balaban J connectivity index is 1.92. The molecular weight excluding hydrogens is 507 g/mol. The molecule has 0 fully saturated rings. The Bertz CT molecular complexity index is 1480. The molecule has 206 valence electrons. The van der Waals surface area contributed by atoms with E-state index in [-0.39, 0.29) is 24.1 Å². The van der Waals surface area contributed by atoms with E-state index in [0.29, 0.717) is 24.2 Å². The van der Waals surface area contributed by atoms with Gasteiger partial charge in [0.15, 0.2) is 0 Å². The lowest BCUT2D eigenvalue weighted by molar-refractivity contribution is -0.131. The van der Waals surface area contributed by atoms with E-state index in [2.05, 4.69) is 5.32 Å². The molecule has 1 heterocycles. The Morgan fingerprint density at radius 2 is 1.55 bits per heavy atom. The van der Waals surface area contributed by atoms with Crippen molar-refractivity contribution >= 4 is 17.6 Å². The van der Waals surface area contributed by atoms with E-state index in [9.17, 15) is 19.1 Å². The maximum Gasteiger partial charge on any atom is 0.327 e. The molecular formula is C33H33FN2O4. The number of carbonyl (C=O) groups is 2. The van der Waals surface area contributed by atoms with Gasteiger partial charge in [0.25, 0.3) is 5.91 Å². The smallest absolute Gasteiger partial charge is 0.327 e. The molecule has 0 saturated carbocycles. The van der Waals surface area contributed by atoms with Crippen molar-refractivity contribution in [3.63, 3.8) is 0 Å². The molecule has 0 aliphatic heterocycles. The van der Waals surface area contributed by atoms with E-state index in [1.165, 1.54) is 18.2 Å². The normalized spacial score (nSPS) is 12.1. The third kappa shape index (κ3) is 6.74. The van der Waals surface area contributed by atoms with Crippen molar-refractivity contribution < 1.29 is 24.2 Å². The van der Waals surface area contributed by atoms with Gasteiger partial charge in [0, 0.05) is 29.6 Å². The molecule has 0 bridgehead atoms.